The molecular weight excluding hydrogens is 436 g/mol. The van der Waals surface area contributed by atoms with Crippen LogP contribution in [0.1, 0.15) is 10.4 Å². The molecule has 0 atom stereocenters. The van der Waals surface area contributed by atoms with E-state index < -0.39 is 5.91 Å². The van der Waals surface area contributed by atoms with E-state index in [-0.39, 0.29) is 17.3 Å². The molecule has 6 nitrogen and oxygen atoms in total. The van der Waals surface area contributed by atoms with Gasteiger partial charge in [-0.05, 0) is 11.6 Å². The summed E-state index contributed by atoms with van der Waals surface area (Å²) in [5.41, 5.74) is 8.82. The summed E-state index contributed by atoms with van der Waals surface area (Å²) in [6.07, 6.45) is 0. The highest BCUT2D eigenvalue weighted by Crippen LogP contribution is 2.35. The number of aryl methyl sites for hydroxylation is 1. The van der Waals surface area contributed by atoms with Crippen LogP contribution in [0.15, 0.2) is 63.3 Å². The highest BCUT2D eigenvalue weighted by atomic mass is 32.2. The summed E-state index contributed by atoms with van der Waals surface area (Å²) in [7, 11) is 1.99. The van der Waals surface area contributed by atoms with Crippen LogP contribution >= 0.6 is 34.9 Å². The molecule has 0 bridgehead atoms. The molecule has 0 fully saturated rings. The third-order valence-corrected chi connectivity index (χ3v) is 7.70. The first-order valence-corrected chi connectivity index (χ1v) is 11.9. The Morgan fingerprint density at radius 3 is 2.30 bits per heavy atom. The van der Waals surface area contributed by atoms with E-state index in [9.17, 15) is 9.59 Å². The average Bonchev–Trinajstić information content (AvgIpc) is 3.34. The molecule has 4 rings (SSSR count). The van der Waals surface area contributed by atoms with Gasteiger partial charge in [-0.25, -0.2) is 0 Å². The molecule has 2 heterocycles. The van der Waals surface area contributed by atoms with Crippen LogP contribution in [0.3, 0.4) is 0 Å². The minimum Gasteiger partial charge on any atom is -0.369 e. The number of para-hydroxylation sites is 1. The van der Waals surface area contributed by atoms with Gasteiger partial charge in [-0.1, -0.05) is 83.4 Å². The number of ketones is 1. The quantitative estimate of drug-likeness (QED) is 0.316. The Morgan fingerprint density at radius 1 is 0.967 bits per heavy atom. The number of hydrogen-bond acceptors (Lipinski definition) is 7. The number of carbonyl (C=O) groups excluding carboxylic acids is 2. The molecule has 0 saturated carbocycles. The third-order valence-electron chi connectivity index (χ3n) is 4.49. The van der Waals surface area contributed by atoms with Crippen molar-refractivity contribution in [1.29, 1.82) is 0 Å². The maximum atomic E-state index is 13.3. The molecule has 0 unspecified atom stereocenters. The molecule has 1 amide bonds. The maximum absolute atomic E-state index is 13.3. The lowest BCUT2D eigenvalue weighted by Crippen LogP contribution is -2.12. The van der Waals surface area contributed by atoms with Gasteiger partial charge >= 0.3 is 0 Å². The van der Waals surface area contributed by atoms with Gasteiger partial charge in [0.05, 0.1) is 22.8 Å². The van der Waals surface area contributed by atoms with Crippen molar-refractivity contribution < 1.29 is 9.59 Å². The Labute approximate surface area is 185 Å². The number of thioether (sulfide) groups is 2. The molecule has 0 aliphatic rings. The van der Waals surface area contributed by atoms with Crippen LogP contribution in [0.25, 0.3) is 22.2 Å². The first-order chi connectivity index (χ1) is 14.5. The van der Waals surface area contributed by atoms with Gasteiger partial charge < -0.3 is 10.3 Å². The van der Waals surface area contributed by atoms with Gasteiger partial charge in [0, 0.05) is 18.0 Å². The van der Waals surface area contributed by atoms with Crippen molar-refractivity contribution in [3.05, 3.63) is 60.2 Å². The fraction of sp³-hybridized carbons (Fsp3) is 0.143. The second kappa shape index (κ2) is 9.03. The smallest absolute Gasteiger partial charge is 0.227 e. The van der Waals surface area contributed by atoms with E-state index in [1.165, 1.54) is 34.9 Å². The molecule has 9 heteroatoms. The van der Waals surface area contributed by atoms with Crippen molar-refractivity contribution in [2.75, 3.05) is 11.5 Å². The Kier molecular flexibility index (Phi) is 6.21. The molecule has 2 aromatic heterocycles. The van der Waals surface area contributed by atoms with E-state index in [1.54, 1.807) is 0 Å². The van der Waals surface area contributed by atoms with Crippen LogP contribution in [0.5, 0.6) is 0 Å². The SMILES string of the molecule is Cn1c(-c2ccccc2)c(C(=O)CSc2nnc(SCC(N)=O)s2)c2ccccc21. The Hall–Kier alpha value is -2.62. The molecular formula is C21H18N4O2S3. The molecule has 0 radical (unpaired) electrons. The Bertz CT molecular complexity index is 1220. The predicted octanol–water partition coefficient (Wildman–Crippen LogP) is 4.25. The molecule has 0 spiro atoms. The van der Waals surface area contributed by atoms with Gasteiger partial charge in [-0.2, -0.15) is 0 Å². The minimum atomic E-state index is -0.399. The Morgan fingerprint density at radius 2 is 1.60 bits per heavy atom. The number of benzene rings is 2. The number of carbonyl (C=O) groups is 2. The van der Waals surface area contributed by atoms with Gasteiger partial charge in [-0.3, -0.25) is 9.59 Å². The third kappa shape index (κ3) is 4.28. The molecule has 0 saturated heterocycles. The topological polar surface area (TPSA) is 90.9 Å². The first-order valence-electron chi connectivity index (χ1n) is 9.08. The van der Waals surface area contributed by atoms with Crippen molar-refractivity contribution in [1.82, 2.24) is 14.8 Å². The number of nitrogens with two attached hydrogens (primary N) is 1. The van der Waals surface area contributed by atoms with Gasteiger partial charge in [0.25, 0.3) is 0 Å². The summed E-state index contributed by atoms with van der Waals surface area (Å²) in [4.78, 5) is 24.2. The highest BCUT2D eigenvalue weighted by molar-refractivity contribution is 8.03. The van der Waals surface area contributed by atoms with Gasteiger partial charge in [-0.15, -0.1) is 10.2 Å². The van der Waals surface area contributed by atoms with E-state index in [1.807, 2.05) is 61.6 Å². The molecule has 4 aromatic rings. The lowest BCUT2D eigenvalue weighted by atomic mass is 10.0. The lowest BCUT2D eigenvalue weighted by Gasteiger charge is -2.07. The van der Waals surface area contributed by atoms with Crippen molar-refractivity contribution in [2.45, 2.75) is 8.68 Å². The molecule has 30 heavy (non-hydrogen) atoms. The minimum absolute atomic E-state index is 0.0391. The van der Waals surface area contributed by atoms with Crippen molar-refractivity contribution in [2.24, 2.45) is 12.8 Å². The zero-order chi connectivity index (χ0) is 21.1. The van der Waals surface area contributed by atoms with Crippen LogP contribution in [0.4, 0.5) is 0 Å². The molecule has 2 N–H and O–H groups in total. The van der Waals surface area contributed by atoms with Gasteiger partial charge in [0.2, 0.25) is 5.91 Å². The summed E-state index contributed by atoms with van der Waals surface area (Å²) >= 11 is 3.97. The fourth-order valence-electron chi connectivity index (χ4n) is 3.26. The number of aromatic nitrogens is 3. The monoisotopic (exact) mass is 454 g/mol. The number of nitrogens with zero attached hydrogens (tertiary/aromatic N) is 3. The second-order valence-corrected chi connectivity index (χ2v) is 9.89. The molecule has 2 aromatic carbocycles. The zero-order valence-corrected chi connectivity index (χ0v) is 18.5. The number of primary amides is 1. The van der Waals surface area contributed by atoms with E-state index >= 15 is 0 Å². The molecule has 0 aliphatic heterocycles. The fourth-order valence-corrected chi connectivity index (χ4v) is 5.89. The largest absolute Gasteiger partial charge is 0.369 e. The zero-order valence-electron chi connectivity index (χ0n) is 16.1. The van der Waals surface area contributed by atoms with Crippen molar-refractivity contribution >= 4 is 57.5 Å². The number of rotatable bonds is 8. The van der Waals surface area contributed by atoms with Crippen LogP contribution in [0, 0.1) is 0 Å². The summed E-state index contributed by atoms with van der Waals surface area (Å²) in [6.45, 7) is 0. The first kappa shape index (κ1) is 20.6. The molecule has 152 valence electrons. The standard InChI is InChI=1S/C21H18N4O2S3/c1-25-15-10-6-5-9-14(15)18(19(25)13-7-3-2-4-8-13)16(26)11-28-20-23-24-21(30-20)29-12-17(22)27/h2-10H,11-12H2,1H3,(H2,22,27). The summed E-state index contributed by atoms with van der Waals surface area (Å²) in [6, 6.07) is 17.9. The van der Waals surface area contributed by atoms with Crippen LogP contribution < -0.4 is 5.73 Å². The van der Waals surface area contributed by atoms with E-state index in [2.05, 4.69) is 14.8 Å². The van der Waals surface area contributed by atoms with E-state index in [0.717, 1.165) is 27.7 Å². The highest BCUT2D eigenvalue weighted by Gasteiger charge is 2.22. The summed E-state index contributed by atoms with van der Waals surface area (Å²) in [5, 5.41) is 9.10. The summed E-state index contributed by atoms with van der Waals surface area (Å²) in [5.74, 6) is 0.0543. The molecule has 0 aliphatic carbocycles. The maximum Gasteiger partial charge on any atom is 0.227 e. The van der Waals surface area contributed by atoms with Gasteiger partial charge in [0.15, 0.2) is 14.5 Å². The number of hydrogen-bond donors (Lipinski definition) is 1. The van der Waals surface area contributed by atoms with Gasteiger partial charge in [0.1, 0.15) is 0 Å². The second-order valence-electron chi connectivity index (χ2n) is 6.47. The van der Waals surface area contributed by atoms with E-state index in [4.69, 9.17) is 5.73 Å². The van der Waals surface area contributed by atoms with Crippen LogP contribution in [-0.2, 0) is 11.8 Å². The number of amides is 1. The van der Waals surface area contributed by atoms with E-state index in [0.29, 0.717) is 8.68 Å². The van der Waals surface area contributed by atoms with Crippen LogP contribution in [0.2, 0.25) is 0 Å². The average molecular weight is 455 g/mol. The number of Topliss-reactive ketones (excluding diaryl/α,β-unsaturated/α-hetero) is 1. The predicted molar refractivity (Wildman–Crippen MR) is 123 cm³/mol. The lowest BCUT2D eigenvalue weighted by molar-refractivity contribution is -0.115. The normalized spacial score (nSPS) is 11.1. The van der Waals surface area contributed by atoms with Crippen molar-refractivity contribution in [3.63, 3.8) is 0 Å². The van der Waals surface area contributed by atoms with Crippen LogP contribution in [-0.4, -0.2) is 38.0 Å². The number of fused-ring (bicyclic) bond motifs is 1. The van der Waals surface area contributed by atoms with Crippen molar-refractivity contribution in [3.8, 4) is 11.3 Å². The Balaban J connectivity index is 1.61. The summed E-state index contributed by atoms with van der Waals surface area (Å²) < 4.78 is 3.43.